The highest BCUT2D eigenvalue weighted by Crippen LogP contribution is 2.32. The molecule has 0 aromatic carbocycles. The Morgan fingerprint density at radius 1 is 1.52 bits per heavy atom. The summed E-state index contributed by atoms with van der Waals surface area (Å²) in [6, 6.07) is 0.0681. The van der Waals surface area contributed by atoms with Crippen LogP contribution in [0.2, 0.25) is 0 Å². The lowest BCUT2D eigenvalue weighted by Gasteiger charge is -2.30. The van der Waals surface area contributed by atoms with Gasteiger partial charge in [-0.3, -0.25) is 9.59 Å². The zero-order valence-corrected chi connectivity index (χ0v) is 12.9. The van der Waals surface area contributed by atoms with E-state index in [9.17, 15) is 9.59 Å². The Hall–Kier alpha value is -1.47. The summed E-state index contributed by atoms with van der Waals surface area (Å²) in [4.78, 5) is 32.2. The van der Waals surface area contributed by atoms with Crippen LogP contribution in [0.5, 0.6) is 0 Å². The number of carbonyl (C=O) groups excluding carboxylic acids is 2. The topological polar surface area (TPSA) is 62.7 Å². The van der Waals surface area contributed by atoms with Gasteiger partial charge in [-0.2, -0.15) is 0 Å². The molecular formula is C14H19N3O3S. The summed E-state index contributed by atoms with van der Waals surface area (Å²) in [5, 5.41) is 3.05. The van der Waals surface area contributed by atoms with Crippen LogP contribution in [0.25, 0.3) is 0 Å². The van der Waals surface area contributed by atoms with E-state index in [4.69, 9.17) is 4.74 Å². The molecule has 114 valence electrons. The summed E-state index contributed by atoms with van der Waals surface area (Å²) in [5.41, 5.74) is 0.983. The summed E-state index contributed by atoms with van der Waals surface area (Å²) in [7, 11) is 0. The lowest BCUT2D eigenvalue weighted by atomic mass is 10.1. The Labute approximate surface area is 127 Å². The molecule has 7 heteroatoms. The third kappa shape index (κ3) is 3.08. The average Bonchev–Trinajstić information content (AvgIpc) is 3.09. The quantitative estimate of drug-likeness (QED) is 0.835. The van der Waals surface area contributed by atoms with E-state index in [2.05, 4.69) is 4.98 Å². The van der Waals surface area contributed by atoms with Gasteiger partial charge in [0.05, 0.1) is 29.9 Å². The molecule has 1 unspecified atom stereocenters. The molecule has 0 radical (unpaired) electrons. The minimum absolute atomic E-state index is 0.0124. The van der Waals surface area contributed by atoms with E-state index in [0.717, 1.165) is 30.1 Å². The number of aryl methyl sites for hydroxylation is 1. The average molecular weight is 309 g/mol. The van der Waals surface area contributed by atoms with E-state index in [1.54, 1.807) is 16.2 Å². The van der Waals surface area contributed by atoms with Crippen LogP contribution in [0.4, 0.5) is 0 Å². The summed E-state index contributed by atoms with van der Waals surface area (Å²) in [6.45, 7) is 3.97. The molecule has 2 aliphatic rings. The molecule has 0 bridgehead atoms. The molecule has 21 heavy (non-hydrogen) atoms. The molecule has 2 fully saturated rings. The van der Waals surface area contributed by atoms with Crippen molar-refractivity contribution in [3.63, 3.8) is 0 Å². The first-order valence-corrected chi connectivity index (χ1v) is 8.10. The van der Waals surface area contributed by atoms with Crippen molar-refractivity contribution >= 4 is 23.2 Å². The minimum Gasteiger partial charge on any atom is -0.370 e. The van der Waals surface area contributed by atoms with Crippen molar-refractivity contribution in [2.75, 3.05) is 32.8 Å². The smallest absolute Gasteiger partial charge is 0.249 e. The van der Waals surface area contributed by atoms with Crippen molar-refractivity contribution in [3.8, 4) is 0 Å². The fourth-order valence-corrected chi connectivity index (χ4v) is 3.54. The highest BCUT2D eigenvalue weighted by atomic mass is 32.1. The monoisotopic (exact) mass is 309 g/mol. The van der Waals surface area contributed by atoms with Gasteiger partial charge < -0.3 is 14.5 Å². The van der Waals surface area contributed by atoms with Crippen LogP contribution in [-0.4, -0.2) is 59.4 Å². The highest BCUT2D eigenvalue weighted by molar-refractivity contribution is 7.09. The molecule has 2 aliphatic heterocycles. The third-order valence-electron chi connectivity index (χ3n) is 3.96. The molecule has 0 spiro atoms. The number of aromatic nitrogens is 1. The van der Waals surface area contributed by atoms with Crippen LogP contribution in [0.1, 0.15) is 29.6 Å². The van der Waals surface area contributed by atoms with Crippen LogP contribution in [0.15, 0.2) is 5.38 Å². The van der Waals surface area contributed by atoms with Crippen molar-refractivity contribution < 1.29 is 14.3 Å². The van der Waals surface area contributed by atoms with Crippen molar-refractivity contribution in [2.45, 2.75) is 25.8 Å². The zero-order chi connectivity index (χ0) is 14.8. The van der Waals surface area contributed by atoms with Crippen LogP contribution < -0.4 is 0 Å². The third-order valence-corrected chi connectivity index (χ3v) is 4.75. The number of ether oxygens (including phenoxy) is 1. The summed E-state index contributed by atoms with van der Waals surface area (Å²) < 4.78 is 5.09. The van der Waals surface area contributed by atoms with Gasteiger partial charge >= 0.3 is 0 Å². The fraction of sp³-hybridized carbons (Fsp3) is 0.643. The molecule has 2 saturated heterocycles. The van der Waals surface area contributed by atoms with Gasteiger partial charge in [-0.05, 0) is 19.8 Å². The van der Waals surface area contributed by atoms with Crippen LogP contribution in [0.3, 0.4) is 0 Å². The lowest BCUT2D eigenvalue weighted by Crippen LogP contribution is -2.47. The minimum atomic E-state index is -0.102. The van der Waals surface area contributed by atoms with Crippen LogP contribution in [-0.2, 0) is 14.3 Å². The molecular weight excluding hydrogens is 290 g/mol. The highest BCUT2D eigenvalue weighted by Gasteiger charge is 2.33. The molecule has 1 aromatic heterocycles. The van der Waals surface area contributed by atoms with Gasteiger partial charge in [-0.1, -0.05) is 0 Å². The molecule has 3 heterocycles. The van der Waals surface area contributed by atoms with Gasteiger partial charge in [-0.25, -0.2) is 4.98 Å². The summed E-state index contributed by atoms with van der Waals surface area (Å²) >= 11 is 1.61. The predicted octanol–water partition coefficient (Wildman–Crippen LogP) is 0.974. The molecule has 0 saturated carbocycles. The number of thiazole rings is 1. The molecule has 3 rings (SSSR count). The lowest BCUT2D eigenvalue weighted by molar-refractivity contribution is -0.148. The van der Waals surface area contributed by atoms with Gasteiger partial charge in [0.1, 0.15) is 6.61 Å². The molecule has 1 atom stereocenters. The van der Waals surface area contributed by atoms with E-state index in [0.29, 0.717) is 13.2 Å². The van der Waals surface area contributed by atoms with Gasteiger partial charge in [-0.15, -0.1) is 11.3 Å². The van der Waals surface area contributed by atoms with E-state index in [1.165, 1.54) is 0 Å². The van der Waals surface area contributed by atoms with Crippen LogP contribution >= 0.6 is 11.3 Å². The van der Waals surface area contributed by atoms with Crippen molar-refractivity contribution in [2.24, 2.45) is 0 Å². The van der Waals surface area contributed by atoms with Crippen molar-refractivity contribution in [1.29, 1.82) is 0 Å². The molecule has 0 N–H and O–H groups in total. The van der Waals surface area contributed by atoms with Gasteiger partial charge in [0, 0.05) is 18.5 Å². The molecule has 2 amide bonds. The number of likely N-dealkylation sites (tertiary alicyclic amines) is 1. The molecule has 0 aliphatic carbocycles. The Morgan fingerprint density at radius 3 is 3.10 bits per heavy atom. The Bertz CT molecular complexity index is 545. The second kappa shape index (κ2) is 6.11. The number of hydrogen-bond donors (Lipinski definition) is 0. The second-order valence-electron chi connectivity index (χ2n) is 5.40. The van der Waals surface area contributed by atoms with Gasteiger partial charge in [0.25, 0.3) is 0 Å². The Kier molecular flexibility index (Phi) is 4.21. The Balaban J connectivity index is 1.67. The van der Waals surface area contributed by atoms with Crippen molar-refractivity contribution in [1.82, 2.24) is 14.8 Å². The van der Waals surface area contributed by atoms with Gasteiger partial charge in [0.2, 0.25) is 11.8 Å². The Morgan fingerprint density at radius 2 is 2.38 bits per heavy atom. The maximum Gasteiger partial charge on any atom is 0.249 e. The number of nitrogens with zero attached hydrogens (tertiary/aromatic N) is 3. The van der Waals surface area contributed by atoms with E-state index < -0.39 is 0 Å². The number of carbonyl (C=O) groups is 2. The second-order valence-corrected chi connectivity index (χ2v) is 6.47. The number of amides is 2. The van der Waals surface area contributed by atoms with Gasteiger partial charge in [0.15, 0.2) is 0 Å². The molecule has 1 aromatic rings. The first-order chi connectivity index (χ1) is 10.1. The normalized spacial score (nSPS) is 22.9. The van der Waals surface area contributed by atoms with Crippen LogP contribution in [0, 0.1) is 6.92 Å². The SMILES string of the molecule is Cc1nc(C2CCCN2C(=O)CN2CCOCC2=O)cs1. The first-order valence-electron chi connectivity index (χ1n) is 7.22. The number of rotatable bonds is 3. The number of hydrogen-bond acceptors (Lipinski definition) is 5. The fourth-order valence-electron chi connectivity index (χ4n) is 2.88. The van der Waals surface area contributed by atoms with E-state index >= 15 is 0 Å². The first kappa shape index (κ1) is 14.5. The standard InChI is InChI=1S/C14H19N3O3S/c1-10-15-11(9-21-10)12-3-2-4-17(12)13(18)7-16-5-6-20-8-14(16)19/h9,12H,2-8H2,1H3. The van der Waals surface area contributed by atoms with Crippen molar-refractivity contribution in [3.05, 3.63) is 16.1 Å². The maximum absolute atomic E-state index is 12.5. The number of morpholine rings is 1. The summed E-state index contributed by atoms with van der Waals surface area (Å²) in [6.07, 6.45) is 1.94. The predicted molar refractivity (Wildman–Crippen MR) is 77.9 cm³/mol. The largest absolute Gasteiger partial charge is 0.370 e. The van der Waals surface area contributed by atoms with E-state index in [1.807, 2.05) is 17.2 Å². The maximum atomic E-state index is 12.5. The zero-order valence-electron chi connectivity index (χ0n) is 12.1. The van der Waals surface area contributed by atoms with E-state index in [-0.39, 0.29) is 31.0 Å². The molecule has 6 nitrogen and oxygen atoms in total. The summed E-state index contributed by atoms with van der Waals surface area (Å²) in [5.74, 6) is -0.0896.